The van der Waals surface area contributed by atoms with Crippen LogP contribution in [0.25, 0.3) is 0 Å². The van der Waals surface area contributed by atoms with E-state index in [-0.39, 0.29) is 11.2 Å². The fourth-order valence-corrected chi connectivity index (χ4v) is 3.31. The Kier molecular flexibility index (Phi) is 5.85. The van der Waals surface area contributed by atoms with Gasteiger partial charge in [-0.1, -0.05) is 6.07 Å². The second-order valence-corrected chi connectivity index (χ2v) is 6.84. The van der Waals surface area contributed by atoms with Gasteiger partial charge in [-0.25, -0.2) is 4.79 Å². The van der Waals surface area contributed by atoms with Gasteiger partial charge in [-0.05, 0) is 18.6 Å². The average molecular weight is 373 g/mol. The van der Waals surface area contributed by atoms with E-state index in [1.807, 2.05) is 24.3 Å². The van der Waals surface area contributed by atoms with Crippen molar-refractivity contribution >= 4 is 11.5 Å². The smallest absolute Gasteiger partial charge is 0.332 e. The van der Waals surface area contributed by atoms with E-state index in [0.29, 0.717) is 18.1 Å². The van der Waals surface area contributed by atoms with Crippen molar-refractivity contribution in [2.24, 2.45) is 14.1 Å². The van der Waals surface area contributed by atoms with Crippen LogP contribution in [0.1, 0.15) is 6.42 Å². The van der Waals surface area contributed by atoms with Crippen LogP contribution in [0.2, 0.25) is 0 Å². The minimum atomic E-state index is -0.293. The summed E-state index contributed by atoms with van der Waals surface area (Å²) in [5, 5.41) is 0. The van der Waals surface area contributed by atoms with Crippen LogP contribution in [-0.2, 0) is 14.1 Å². The van der Waals surface area contributed by atoms with Gasteiger partial charge in [-0.15, -0.1) is 0 Å². The van der Waals surface area contributed by atoms with Crippen molar-refractivity contribution in [1.29, 1.82) is 0 Å². The molecule has 1 fully saturated rings. The molecule has 8 nitrogen and oxygen atoms in total. The SMILES string of the molecule is Cn1c(N2CCN(CCCOc3cccc(N)c3)CC2)cc(=O)n(C)c1=O. The molecule has 0 amide bonds. The first kappa shape index (κ1) is 19.0. The van der Waals surface area contributed by atoms with Gasteiger partial charge >= 0.3 is 5.69 Å². The maximum absolute atomic E-state index is 12.1. The summed E-state index contributed by atoms with van der Waals surface area (Å²) in [6.45, 7) is 4.95. The zero-order valence-electron chi connectivity index (χ0n) is 15.9. The molecule has 27 heavy (non-hydrogen) atoms. The summed E-state index contributed by atoms with van der Waals surface area (Å²) >= 11 is 0. The highest BCUT2D eigenvalue weighted by Crippen LogP contribution is 2.15. The molecule has 3 rings (SSSR count). The molecule has 1 saturated heterocycles. The van der Waals surface area contributed by atoms with Crippen LogP contribution < -0.4 is 26.6 Å². The first-order chi connectivity index (χ1) is 13.0. The number of nitrogen functional groups attached to an aromatic ring is 1. The lowest BCUT2D eigenvalue weighted by atomic mass is 10.3. The molecular weight excluding hydrogens is 346 g/mol. The molecule has 0 radical (unpaired) electrons. The van der Waals surface area contributed by atoms with Crippen molar-refractivity contribution in [3.05, 3.63) is 51.2 Å². The molecule has 1 aromatic heterocycles. The number of benzene rings is 1. The molecule has 0 atom stereocenters. The lowest BCUT2D eigenvalue weighted by Gasteiger charge is -2.36. The summed E-state index contributed by atoms with van der Waals surface area (Å²) in [7, 11) is 3.20. The Morgan fingerprint density at radius 1 is 1.04 bits per heavy atom. The van der Waals surface area contributed by atoms with Crippen LogP contribution in [0.3, 0.4) is 0 Å². The zero-order valence-corrected chi connectivity index (χ0v) is 15.9. The molecule has 2 heterocycles. The number of nitrogens with two attached hydrogens (primary N) is 1. The quantitative estimate of drug-likeness (QED) is 0.577. The summed E-state index contributed by atoms with van der Waals surface area (Å²) in [5.41, 5.74) is 5.88. The maximum atomic E-state index is 12.1. The minimum Gasteiger partial charge on any atom is -0.493 e. The van der Waals surface area contributed by atoms with Gasteiger partial charge in [0.25, 0.3) is 5.56 Å². The maximum Gasteiger partial charge on any atom is 0.332 e. The minimum absolute atomic E-state index is 0.269. The molecule has 0 spiro atoms. The Bertz CT molecular complexity index is 897. The Hall–Kier alpha value is -2.74. The van der Waals surface area contributed by atoms with Crippen molar-refractivity contribution in [2.75, 3.05) is 50.0 Å². The molecule has 2 aromatic rings. The topological polar surface area (TPSA) is 85.7 Å². The Morgan fingerprint density at radius 2 is 1.78 bits per heavy atom. The Morgan fingerprint density at radius 3 is 2.48 bits per heavy atom. The van der Waals surface area contributed by atoms with Gasteiger partial charge in [-0.2, -0.15) is 0 Å². The van der Waals surface area contributed by atoms with Crippen LogP contribution in [0.4, 0.5) is 11.5 Å². The average Bonchev–Trinajstić information content (AvgIpc) is 2.67. The fraction of sp³-hybridized carbons (Fsp3) is 0.474. The fourth-order valence-electron chi connectivity index (χ4n) is 3.31. The molecule has 0 saturated carbocycles. The monoisotopic (exact) mass is 373 g/mol. The third-order valence-electron chi connectivity index (χ3n) is 4.94. The van der Waals surface area contributed by atoms with E-state index in [0.717, 1.165) is 49.5 Å². The first-order valence-corrected chi connectivity index (χ1v) is 9.18. The second-order valence-electron chi connectivity index (χ2n) is 6.84. The van der Waals surface area contributed by atoms with Crippen molar-refractivity contribution in [3.63, 3.8) is 0 Å². The van der Waals surface area contributed by atoms with E-state index in [1.54, 1.807) is 7.05 Å². The number of aromatic nitrogens is 2. The van der Waals surface area contributed by atoms with Crippen LogP contribution in [-0.4, -0.2) is 53.4 Å². The molecule has 8 heteroatoms. The van der Waals surface area contributed by atoms with E-state index in [1.165, 1.54) is 17.7 Å². The van der Waals surface area contributed by atoms with E-state index >= 15 is 0 Å². The molecule has 0 bridgehead atoms. The standard InChI is InChI=1S/C19H27N5O3/c1-21-17(14-18(25)22(2)19(21)26)24-10-8-23(9-11-24)7-4-12-27-16-6-3-5-15(20)13-16/h3,5-6,13-14H,4,7-12,20H2,1-2H3. The third kappa shape index (κ3) is 4.51. The van der Waals surface area contributed by atoms with E-state index < -0.39 is 0 Å². The van der Waals surface area contributed by atoms with Crippen molar-refractivity contribution in [2.45, 2.75) is 6.42 Å². The molecule has 1 aliphatic rings. The number of rotatable bonds is 6. The lowest BCUT2D eigenvalue weighted by molar-refractivity contribution is 0.224. The Balaban J connectivity index is 1.47. The van der Waals surface area contributed by atoms with Crippen LogP contribution >= 0.6 is 0 Å². The number of anilines is 2. The van der Waals surface area contributed by atoms with Crippen LogP contribution in [0, 0.1) is 0 Å². The van der Waals surface area contributed by atoms with Crippen molar-refractivity contribution < 1.29 is 4.74 Å². The van der Waals surface area contributed by atoms with E-state index in [4.69, 9.17) is 10.5 Å². The number of nitrogens with zero attached hydrogens (tertiary/aromatic N) is 4. The zero-order chi connectivity index (χ0) is 19.4. The highest BCUT2D eigenvalue weighted by molar-refractivity contribution is 5.43. The van der Waals surface area contributed by atoms with Gasteiger partial charge in [-0.3, -0.25) is 18.8 Å². The summed E-state index contributed by atoms with van der Waals surface area (Å²) in [4.78, 5) is 28.5. The molecule has 0 aliphatic carbocycles. The Labute approximate surface area is 158 Å². The predicted octanol–water partition coefficient (Wildman–Crippen LogP) is 0.257. The lowest BCUT2D eigenvalue weighted by Crippen LogP contribution is -2.49. The summed E-state index contributed by atoms with van der Waals surface area (Å²) < 4.78 is 8.39. The van der Waals surface area contributed by atoms with Crippen molar-refractivity contribution in [3.8, 4) is 5.75 Å². The van der Waals surface area contributed by atoms with Gasteiger partial charge in [0, 0.05) is 64.6 Å². The van der Waals surface area contributed by atoms with E-state index in [2.05, 4.69) is 9.80 Å². The molecular formula is C19H27N5O3. The molecule has 146 valence electrons. The molecule has 2 N–H and O–H groups in total. The van der Waals surface area contributed by atoms with Gasteiger partial charge in [0.05, 0.1) is 6.61 Å². The third-order valence-corrected chi connectivity index (χ3v) is 4.94. The largest absolute Gasteiger partial charge is 0.493 e. The van der Waals surface area contributed by atoms with Gasteiger partial charge in [0.15, 0.2) is 0 Å². The van der Waals surface area contributed by atoms with Gasteiger partial charge in [0.2, 0.25) is 0 Å². The summed E-state index contributed by atoms with van der Waals surface area (Å²) in [6, 6.07) is 8.99. The molecule has 1 aromatic carbocycles. The normalized spacial score (nSPS) is 15.1. The highest BCUT2D eigenvalue weighted by Gasteiger charge is 2.20. The predicted molar refractivity (Wildman–Crippen MR) is 107 cm³/mol. The first-order valence-electron chi connectivity index (χ1n) is 9.18. The number of ether oxygens (including phenoxy) is 1. The summed E-state index contributed by atoms with van der Waals surface area (Å²) in [5.74, 6) is 1.49. The van der Waals surface area contributed by atoms with E-state index in [9.17, 15) is 9.59 Å². The molecule has 0 unspecified atom stereocenters. The highest BCUT2D eigenvalue weighted by atomic mass is 16.5. The van der Waals surface area contributed by atoms with Crippen LogP contribution in [0.15, 0.2) is 39.9 Å². The number of hydrogen-bond donors (Lipinski definition) is 1. The van der Waals surface area contributed by atoms with Gasteiger partial charge < -0.3 is 15.4 Å². The number of hydrogen-bond acceptors (Lipinski definition) is 6. The molecule has 1 aliphatic heterocycles. The second kappa shape index (κ2) is 8.30. The number of piperazine rings is 1. The van der Waals surface area contributed by atoms with Crippen molar-refractivity contribution in [1.82, 2.24) is 14.0 Å². The van der Waals surface area contributed by atoms with Gasteiger partial charge in [0.1, 0.15) is 11.6 Å². The summed E-state index contributed by atoms with van der Waals surface area (Å²) in [6.07, 6.45) is 0.930. The van der Waals surface area contributed by atoms with Crippen LogP contribution in [0.5, 0.6) is 5.75 Å².